The van der Waals surface area contributed by atoms with Crippen molar-refractivity contribution in [3.05, 3.63) is 30.2 Å². The summed E-state index contributed by atoms with van der Waals surface area (Å²) < 4.78 is 12.9. The van der Waals surface area contributed by atoms with Crippen LogP contribution in [0.15, 0.2) is 24.4 Å². The molecule has 0 saturated carbocycles. The number of nitrogens with one attached hydrogen (secondary N) is 2. The molecule has 1 fully saturated rings. The van der Waals surface area contributed by atoms with Crippen LogP contribution < -0.4 is 10.6 Å². The molecule has 130 valence electrons. The summed E-state index contributed by atoms with van der Waals surface area (Å²) in [7, 11) is 0. The van der Waals surface area contributed by atoms with E-state index in [4.69, 9.17) is 9.47 Å². The number of urea groups is 1. The summed E-state index contributed by atoms with van der Waals surface area (Å²) in [4.78, 5) is 11.8. The zero-order valence-electron chi connectivity index (χ0n) is 13.6. The van der Waals surface area contributed by atoms with Crippen LogP contribution in [-0.4, -0.2) is 53.1 Å². The topological polar surface area (TPSA) is 89.8 Å². The molecule has 0 unspecified atom stereocenters. The van der Waals surface area contributed by atoms with E-state index in [9.17, 15) is 4.79 Å². The first-order valence-corrected chi connectivity index (χ1v) is 8.32. The number of carbonyl (C=O) groups is 1. The summed E-state index contributed by atoms with van der Waals surface area (Å²) in [5, 5.41) is 13.7. The lowest BCUT2D eigenvalue weighted by molar-refractivity contribution is 0.0168. The van der Waals surface area contributed by atoms with E-state index in [2.05, 4.69) is 20.8 Å². The van der Waals surface area contributed by atoms with Gasteiger partial charge >= 0.3 is 6.03 Å². The molecule has 3 heterocycles. The van der Waals surface area contributed by atoms with Crippen molar-refractivity contribution in [1.29, 1.82) is 0 Å². The third-order valence-corrected chi connectivity index (χ3v) is 3.87. The van der Waals surface area contributed by atoms with E-state index in [1.807, 2.05) is 28.8 Å². The first kappa shape index (κ1) is 16.7. The highest BCUT2D eigenvalue weighted by molar-refractivity contribution is 5.73. The number of pyridine rings is 1. The number of ether oxygens (including phenoxy) is 2. The highest BCUT2D eigenvalue weighted by atomic mass is 16.5. The Bertz CT molecular complexity index is 654. The van der Waals surface area contributed by atoms with Crippen LogP contribution in [0.3, 0.4) is 0 Å². The largest absolute Gasteiger partial charge is 0.379 e. The van der Waals surface area contributed by atoms with Gasteiger partial charge in [0.1, 0.15) is 0 Å². The van der Waals surface area contributed by atoms with Crippen LogP contribution in [0.1, 0.15) is 25.1 Å². The minimum Gasteiger partial charge on any atom is -0.379 e. The van der Waals surface area contributed by atoms with E-state index in [0.29, 0.717) is 32.1 Å². The highest BCUT2D eigenvalue weighted by Gasteiger charge is 2.14. The molecule has 1 atom stereocenters. The average Bonchev–Trinajstić information content (AvgIpc) is 3.26. The van der Waals surface area contributed by atoms with Crippen molar-refractivity contribution < 1.29 is 14.3 Å². The van der Waals surface area contributed by atoms with Crippen molar-refractivity contribution in [3.8, 4) is 0 Å². The molecular formula is C16H23N5O3. The van der Waals surface area contributed by atoms with Gasteiger partial charge in [0.2, 0.25) is 0 Å². The minimum atomic E-state index is -0.221. The molecule has 0 spiro atoms. The van der Waals surface area contributed by atoms with E-state index in [0.717, 1.165) is 31.5 Å². The lowest BCUT2D eigenvalue weighted by Gasteiger charge is -2.10. The van der Waals surface area contributed by atoms with E-state index in [1.165, 1.54) is 0 Å². The van der Waals surface area contributed by atoms with Crippen LogP contribution in [0.2, 0.25) is 0 Å². The van der Waals surface area contributed by atoms with Crippen LogP contribution in [0.4, 0.5) is 4.79 Å². The van der Waals surface area contributed by atoms with Gasteiger partial charge < -0.3 is 20.1 Å². The number of fused-ring (bicyclic) bond motifs is 1. The summed E-state index contributed by atoms with van der Waals surface area (Å²) in [6.07, 6.45) is 5.10. The van der Waals surface area contributed by atoms with Gasteiger partial charge in [-0.1, -0.05) is 6.07 Å². The zero-order valence-corrected chi connectivity index (χ0v) is 13.6. The Kier molecular flexibility index (Phi) is 5.97. The van der Waals surface area contributed by atoms with E-state index >= 15 is 0 Å². The number of hydrogen-bond acceptors (Lipinski definition) is 5. The quantitative estimate of drug-likeness (QED) is 0.707. The average molecular weight is 333 g/mol. The number of aromatic nitrogens is 3. The normalized spacial score (nSPS) is 17.2. The molecule has 2 aromatic heterocycles. The highest BCUT2D eigenvalue weighted by Crippen LogP contribution is 2.11. The molecule has 2 aromatic rings. The molecular weight excluding hydrogens is 310 g/mol. The Hall–Kier alpha value is -2.19. The predicted molar refractivity (Wildman–Crippen MR) is 87.6 cm³/mol. The standard InChI is InChI=1S/C16H23N5O3/c22-16(17-7-4-9-23-12-13-5-3-10-24-13)18-11-15-20-19-14-6-1-2-8-21(14)15/h1-2,6,8,13H,3-5,7,9-12H2,(H2,17,18,22)/t13-/m0/s1. The molecule has 0 bridgehead atoms. The monoisotopic (exact) mass is 333 g/mol. The molecule has 8 nitrogen and oxygen atoms in total. The van der Waals surface area contributed by atoms with E-state index in [1.54, 1.807) is 0 Å². The Morgan fingerprint density at radius 2 is 2.33 bits per heavy atom. The summed E-state index contributed by atoms with van der Waals surface area (Å²) in [5.41, 5.74) is 0.762. The molecule has 2 amide bonds. The summed E-state index contributed by atoms with van der Waals surface area (Å²) in [6.45, 7) is 3.00. The van der Waals surface area contributed by atoms with Crippen LogP contribution >= 0.6 is 0 Å². The lowest BCUT2D eigenvalue weighted by atomic mass is 10.2. The summed E-state index contributed by atoms with van der Waals surface area (Å²) >= 11 is 0. The van der Waals surface area contributed by atoms with Gasteiger partial charge in [0.05, 0.1) is 19.3 Å². The second-order valence-electron chi connectivity index (χ2n) is 5.72. The van der Waals surface area contributed by atoms with Gasteiger partial charge in [0, 0.05) is 26.0 Å². The van der Waals surface area contributed by atoms with Gasteiger partial charge in [-0.3, -0.25) is 4.40 Å². The SMILES string of the molecule is O=C(NCCCOC[C@@H]1CCCO1)NCc1nnc2ccccn12. The summed E-state index contributed by atoms with van der Waals surface area (Å²) in [5.74, 6) is 0.695. The first-order valence-electron chi connectivity index (χ1n) is 8.32. The van der Waals surface area contributed by atoms with Crippen LogP contribution in [-0.2, 0) is 16.0 Å². The molecule has 3 rings (SSSR count). The predicted octanol–water partition coefficient (Wildman–Crippen LogP) is 1.11. The molecule has 8 heteroatoms. The number of carbonyl (C=O) groups excluding carboxylic acids is 1. The number of hydrogen-bond donors (Lipinski definition) is 2. The maximum atomic E-state index is 11.8. The van der Waals surface area contributed by atoms with Crippen LogP contribution in [0.5, 0.6) is 0 Å². The molecule has 0 aromatic carbocycles. The second-order valence-corrected chi connectivity index (χ2v) is 5.72. The first-order chi connectivity index (χ1) is 11.8. The minimum absolute atomic E-state index is 0.221. The van der Waals surface area contributed by atoms with E-state index < -0.39 is 0 Å². The Morgan fingerprint density at radius 1 is 1.38 bits per heavy atom. The number of amides is 2. The van der Waals surface area contributed by atoms with Gasteiger partial charge in [0.15, 0.2) is 11.5 Å². The third-order valence-electron chi connectivity index (χ3n) is 3.87. The molecule has 1 aliphatic heterocycles. The number of nitrogens with zero attached hydrogens (tertiary/aromatic N) is 3. The van der Waals surface area contributed by atoms with Crippen molar-refractivity contribution in [2.45, 2.75) is 31.9 Å². The fourth-order valence-corrected chi connectivity index (χ4v) is 2.60. The van der Waals surface area contributed by atoms with Gasteiger partial charge in [-0.15, -0.1) is 10.2 Å². The molecule has 2 N–H and O–H groups in total. The van der Waals surface area contributed by atoms with Crippen molar-refractivity contribution in [1.82, 2.24) is 25.2 Å². The van der Waals surface area contributed by atoms with Gasteiger partial charge in [0.25, 0.3) is 0 Å². The van der Waals surface area contributed by atoms with E-state index in [-0.39, 0.29) is 12.1 Å². The second kappa shape index (κ2) is 8.60. The fraction of sp³-hybridized carbons (Fsp3) is 0.562. The lowest BCUT2D eigenvalue weighted by Crippen LogP contribution is -2.36. The van der Waals surface area contributed by atoms with Crippen molar-refractivity contribution >= 4 is 11.7 Å². The van der Waals surface area contributed by atoms with Gasteiger partial charge in [-0.05, 0) is 31.4 Å². The fourth-order valence-electron chi connectivity index (χ4n) is 2.60. The smallest absolute Gasteiger partial charge is 0.315 e. The van der Waals surface area contributed by atoms with Crippen molar-refractivity contribution in [3.63, 3.8) is 0 Å². The molecule has 1 aliphatic rings. The maximum absolute atomic E-state index is 11.8. The van der Waals surface area contributed by atoms with Gasteiger partial charge in [-0.2, -0.15) is 0 Å². The number of rotatable bonds is 8. The molecule has 1 saturated heterocycles. The van der Waals surface area contributed by atoms with Gasteiger partial charge in [-0.25, -0.2) is 4.79 Å². The van der Waals surface area contributed by atoms with Crippen molar-refractivity contribution in [2.24, 2.45) is 0 Å². The third kappa shape index (κ3) is 4.65. The maximum Gasteiger partial charge on any atom is 0.315 e. The zero-order chi connectivity index (χ0) is 16.6. The molecule has 24 heavy (non-hydrogen) atoms. The van der Waals surface area contributed by atoms with Crippen LogP contribution in [0, 0.1) is 0 Å². The Balaban J connectivity index is 1.27. The Labute approximate surface area is 140 Å². The Morgan fingerprint density at radius 3 is 3.21 bits per heavy atom. The summed E-state index contributed by atoms with van der Waals surface area (Å²) in [6, 6.07) is 5.44. The molecule has 0 aliphatic carbocycles. The molecule has 0 radical (unpaired) electrons. The van der Waals surface area contributed by atoms with Crippen molar-refractivity contribution in [2.75, 3.05) is 26.4 Å². The van der Waals surface area contributed by atoms with Crippen LogP contribution in [0.25, 0.3) is 5.65 Å².